The molecule has 1 aromatic heterocycles. The van der Waals surface area contributed by atoms with Gasteiger partial charge in [0.2, 0.25) is 0 Å². The number of hydrogen-bond donors (Lipinski definition) is 1. The van der Waals surface area contributed by atoms with Gasteiger partial charge < -0.3 is 5.32 Å². The minimum absolute atomic E-state index is 0.980. The van der Waals surface area contributed by atoms with E-state index in [1.807, 2.05) is 24.0 Å². The smallest absolute Gasteiger partial charge is 0.147 e. The summed E-state index contributed by atoms with van der Waals surface area (Å²) in [4.78, 5) is 0. The molecular formula is C9H17N3. The predicted molar refractivity (Wildman–Crippen MR) is 51.2 cm³/mol. The molecule has 12 heavy (non-hydrogen) atoms. The molecule has 0 aliphatic carbocycles. The Balaban J connectivity index is 2.15. The van der Waals surface area contributed by atoms with Gasteiger partial charge in [0.15, 0.2) is 0 Å². The zero-order valence-electron chi connectivity index (χ0n) is 7.88. The van der Waals surface area contributed by atoms with E-state index in [1.54, 1.807) is 0 Å². The summed E-state index contributed by atoms with van der Waals surface area (Å²) < 4.78 is 1.81. The average Bonchev–Trinajstić information content (AvgIpc) is 2.45. The van der Waals surface area contributed by atoms with E-state index in [2.05, 4.69) is 17.3 Å². The van der Waals surface area contributed by atoms with Crippen molar-refractivity contribution in [1.29, 1.82) is 0 Å². The Kier molecular flexibility index (Phi) is 3.64. The van der Waals surface area contributed by atoms with Crippen LogP contribution in [0, 0.1) is 0 Å². The number of nitrogens with one attached hydrogen (secondary N) is 1. The lowest BCUT2D eigenvalue weighted by Crippen LogP contribution is -2.02. The van der Waals surface area contributed by atoms with E-state index in [4.69, 9.17) is 0 Å². The normalized spacial score (nSPS) is 10.2. The van der Waals surface area contributed by atoms with Crippen molar-refractivity contribution < 1.29 is 0 Å². The van der Waals surface area contributed by atoms with E-state index >= 15 is 0 Å². The van der Waals surface area contributed by atoms with Crippen LogP contribution in [0.4, 0.5) is 5.82 Å². The van der Waals surface area contributed by atoms with Gasteiger partial charge in [-0.15, -0.1) is 0 Å². The lowest BCUT2D eigenvalue weighted by molar-refractivity contribution is 0.734. The van der Waals surface area contributed by atoms with Crippen molar-refractivity contribution in [3.63, 3.8) is 0 Å². The number of aryl methyl sites for hydroxylation is 1. The first-order valence-corrected chi connectivity index (χ1v) is 4.56. The second kappa shape index (κ2) is 4.80. The minimum Gasteiger partial charge on any atom is -0.369 e. The highest BCUT2D eigenvalue weighted by atomic mass is 15.3. The van der Waals surface area contributed by atoms with Gasteiger partial charge in [-0.05, 0) is 6.42 Å². The molecule has 0 spiro atoms. The first-order valence-electron chi connectivity index (χ1n) is 4.56. The highest BCUT2D eigenvalue weighted by Crippen LogP contribution is 2.01. The van der Waals surface area contributed by atoms with Crippen molar-refractivity contribution in [1.82, 2.24) is 9.78 Å². The SMILES string of the molecule is CCCCCNc1ccn(C)n1. The van der Waals surface area contributed by atoms with E-state index in [0.717, 1.165) is 12.4 Å². The van der Waals surface area contributed by atoms with Crippen molar-refractivity contribution in [2.24, 2.45) is 7.05 Å². The number of hydrogen-bond acceptors (Lipinski definition) is 2. The van der Waals surface area contributed by atoms with E-state index in [0.29, 0.717) is 0 Å². The molecule has 0 aliphatic heterocycles. The summed E-state index contributed by atoms with van der Waals surface area (Å²) >= 11 is 0. The summed E-state index contributed by atoms with van der Waals surface area (Å²) in [5.41, 5.74) is 0. The standard InChI is InChI=1S/C9H17N3/c1-3-4-5-7-10-9-6-8-12(2)11-9/h6,8H,3-5,7H2,1-2H3,(H,10,11). The van der Waals surface area contributed by atoms with Gasteiger partial charge in [-0.3, -0.25) is 4.68 Å². The van der Waals surface area contributed by atoms with Crippen LogP contribution in [0.25, 0.3) is 0 Å². The van der Waals surface area contributed by atoms with Crippen LogP contribution in [0.5, 0.6) is 0 Å². The number of rotatable bonds is 5. The molecule has 0 atom stereocenters. The van der Waals surface area contributed by atoms with Crippen molar-refractivity contribution >= 4 is 5.82 Å². The number of anilines is 1. The van der Waals surface area contributed by atoms with E-state index < -0.39 is 0 Å². The fourth-order valence-corrected chi connectivity index (χ4v) is 1.10. The zero-order chi connectivity index (χ0) is 8.81. The van der Waals surface area contributed by atoms with Gasteiger partial charge >= 0.3 is 0 Å². The van der Waals surface area contributed by atoms with E-state index in [-0.39, 0.29) is 0 Å². The Morgan fingerprint density at radius 2 is 2.33 bits per heavy atom. The molecule has 3 nitrogen and oxygen atoms in total. The minimum atomic E-state index is 0.980. The molecule has 1 rings (SSSR count). The maximum Gasteiger partial charge on any atom is 0.147 e. The van der Waals surface area contributed by atoms with Crippen LogP contribution < -0.4 is 5.32 Å². The maximum atomic E-state index is 4.21. The summed E-state index contributed by atoms with van der Waals surface area (Å²) in [6, 6.07) is 1.99. The molecule has 0 fully saturated rings. The van der Waals surface area contributed by atoms with Crippen molar-refractivity contribution in [3.05, 3.63) is 12.3 Å². The molecule has 0 unspecified atom stereocenters. The second-order valence-electron chi connectivity index (χ2n) is 3.01. The summed E-state index contributed by atoms with van der Waals surface area (Å²) in [7, 11) is 1.93. The van der Waals surface area contributed by atoms with Crippen LogP contribution in [-0.4, -0.2) is 16.3 Å². The summed E-state index contributed by atoms with van der Waals surface area (Å²) in [6.07, 6.45) is 5.74. The zero-order valence-corrected chi connectivity index (χ0v) is 7.88. The molecule has 0 aromatic carbocycles. The molecule has 0 bridgehead atoms. The number of aromatic nitrogens is 2. The van der Waals surface area contributed by atoms with Crippen LogP contribution in [0.15, 0.2) is 12.3 Å². The van der Waals surface area contributed by atoms with Crippen LogP contribution in [0.3, 0.4) is 0 Å². The van der Waals surface area contributed by atoms with Crippen LogP contribution in [0.1, 0.15) is 26.2 Å². The Hall–Kier alpha value is -0.990. The third-order valence-corrected chi connectivity index (χ3v) is 1.80. The molecule has 0 saturated carbocycles. The van der Waals surface area contributed by atoms with Crippen LogP contribution in [-0.2, 0) is 7.05 Å². The molecule has 1 heterocycles. The average molecular weight is 167 g/mol. The number of unbranched alkanes of at least 4 members (excludes halogenated alkanes) is 2. The quantitative estimate of drug-likeness (QED) is 0.680. The Morgan fingerprint density at radius 3 is 2.92 bits per heavy atom. The van der Waals surface area contributed by atoms with Crippen molar-refractivity contribution in [2.75, 3.05) is 11.9 Å². The third-order valence-electron chi connectivity index (χ3n) is 1.80. The van der Waals surface area contributed by atoms with Crippen LogP contribution >= 0.6 is 0 Å². The van der Waals surface area contributed by atoms with E-state index in [1.165, 1.54) is 19.3 Å². The van der Waals surface area contributed by atoms with Gasteiger partial charge in [0.25, 0.3) is 0 Å². The second-order valence-corrected chi connectivity index (χ2v) is 3.01. The van der Waals surface area contributed by atoms with Gasteiger partial charge in [-0.25, -0.2) is 0 Å². The van der Waals surface area contributed by atoms with Gasteiger partial charge in [0.1, 0.15) is 5.82 Å². The first-order chi connectivity index (χ1) is 5.83. The molecule has 68 valence electrons. The molecule has 1 N–H and O–H groups in total. The highest BCUT2D eigenvalue weighted by molar-refractivity contribution is 5.31. The lowest BCUT2D eigenvalue weighted by Gasteiger charge is -2.00. The molecule has 0 radical (unpaired) electrons. The molecule has 0 amide bonds. The molecule has 0 saturated heterocycles. The maximum absolute atomic E-state index is 4.21. The molecule has 1 aromatic rings. The van der Waals surface area contributed by atoms with Gasteiger partial charge in [-0.2, -0.15) is 5.10 Å². The molecule has 3 heteroatoms. The summed E-state index contributed by atoms with van der Waals surface area (Å²) in [5.74, 6) is 0.980. The summed E-state index contributed by atoms with van der Waals surface area (Å²) in [6.45, 7) is 3.24. The molecular weight excluding hydrogens is 150 g/mol. The highest BCUT2D eigenvalue weighted by Gasteiger charge is 1.93. The Bertz CT molecular complexity index is 217. The fourth-order valence-electron chi connectivity index (χ4n) is 1.10. The van der Waals surface area contributed by atoms with Crippen molar-refractivity contribution in [2.45, 2.75) is 26.2 Å². The topological polar surface area (TPSA) is 29.9 Å². The van der Waals surface area contributed by atoms with Crippen molar-refractivity contribution in [3.8, 4) is 0 Å². The lowest BCUT2D eigenvalue weighted by atomic mass is 10.2. The fraction of sp³-hybridized carbons (Fsp3) is 0.667. The van der Waals surface area contributed by atoms with Gasteiger partial charge in [0.05, 0.1) is 0 Å². The Morgan fingerprint density at radius 1 is 1.50 bits per heavy atom. The molecule has 0 aliphatic rings. The van der Waals surface area contributed by atoms with E-state index in [9.17, 15) is 0 Å². The monoisotopic (exact) mass is 167 g/mol. The van der Waals surface area contributed by atoms with Gasteiger partial charge in [-0.1, -0.05) is 19.8 Å². The number of nitrogens with zero attached hydrogens (tertiary/aromatic N) is 2. The third kappa shape index (κ3) is 2.95. The van der Waals surface area contributed by atoms with Gasteiger partial charge in [0, 0.05) is 25.9 Å². The predicted octanol–water partition coefficient (Wildman–Crippen LogP) is 2.02. The Labute approximate surface area is 73.8 Å². The largest absolute Gasteiger partial charge is 0.369 e. The first kappa shape index (κ1) is 9.10. The summed E-state index contributed by atoms with van der Waals surface area (Å²) in [5, 5.41) is 7.48. The van der Waals surface area contributed by atoms with Crippen LogP contribution in [0.2, 0.25) is 0 Å².